The van der Waals surface area contributed by atoms with Crippen molar-refractivity contribution < 1.29 is 35.5 Å². The van der Waals surface area contributed by atoms with E-state index in [0.717, 1.165) is 18.7 Å². The maximum atomic E-state index is 12.6. The number of hydrogen-bond donors (Lipinski definition) is 0. The summed E-state index contributed by atoms with van der Waals surface area (Å²) in [7, 11) is 0. The number of oxazole rings is 1. The first-order chi connectivity index (χ1) is 9.18. The van der Waals surface area contributed by atoms with Gasteiger partial charge in [-0.15, -0.1) is 0 Å². The SMILES string of the molecule is FC(F)(F)c1ccc(Oc2cnco2)cc1C(F)(F)F. The maximum Gasteiger partial charge on any atom is 0.417 e. The summed E-state index contributed by atoms with van der Waals surface area (Å²) in [6.07, 6.45) is -8.25. The molecule has 1 heterocycles. The number of ether oxygens (including phenoxy) is 1. The van der Waals surface area contributed by atoms with Crippen LogP contribution in [0, 0.1) is 0 Å². The molecule has 0 aliphatic heterocycles. The first-order valence-corrected chi connectivity index (χ1v) is 5.03. The van der Waals surface area contributed by atoms with Gasteiger partial charge in [0.15, 0.2) is 6.39 Å². The number of aromatic nitrogens is 1. The Morgan fingerprint density at radius 1 is 0.950 bits per heavy atom. The molecule has 0 spiro atoms. The van der Waals surface area contributed by atoms with Crippen LogP contribution in [-0.4, -0.2) is 4.98 Å². The topological polar surface area (TPSA) is 35.3 Å². The van der Waals surface area contributed by atoms with E-state index < -0.39 is 29.2 Å². The van der Waals surface area contributed by atoms with Crippen molar-refractivity contribution in [3.63, 3.8) is 0 Å². The minimum absolute atomic E-state index is 0.238. The summed E-state index contributed by atoms with van der Waals surface area (Å²) in [5, 5.41) is 0. The summed E-state index contributed by atoms with van der Waals surface area (Å²) in [6, 6.07) is 1.32. The van der Waals surface area contributed by atoms with Gasteiger partial charge in [-0.1, -0.05) is 0 Å². The average Bonchev–Trinajstić information content (AvgIpc) is 2.79. The molecular formula is C11H5F6NO2. The van der Waals surface area contributed by atoms with E-state index >= 15 is 0 Å². The van der Waals surface area contributed by atoms with Crippen molar-refractivity contribution in [1.29, 1.82) is 0 Å². The molecule has 0 aliphatic carbocycles. The van der Waals surface area contributed by atoms with Crippen LogP contribution in [0.15, 0.2) is 35.2 Å². The fraction of sp³-hybridized carbons (Fsp3) is 0.182. The molecule has 20 heavy (non-hydrogen) atoms. The van der Waals surface area contributed by atoms with Crippen molar-refractivity contribution in [3.05, 3.63) is 41.9 Å². The maximum absolute atomic E-state index is 12.6. The molecule has 108 valence electrons. The minimum atomic E-state index is -5.16. The van der Waals surface area contributed by atoms with Gasteiger partial charge in [0, 0.05) is 0 Å². The third-order valence-corrected chi connectivity index (χ3v) is 2.23. The summed E-state index contributed by atoms with van der Waals surface area (Å²) >= 11 is 0. The monoisotopic (exact) mass is 297 g/mol. The van der Waals surface area contributed by atoms with Gasteiger partial charge in [-0.3, -0.25) is 0 Å². The van der Waals surface area contributed by atoms with Gasteiger partial charge in [0.1, 0.15) is 11.9 Å². The van der Waals surface area contributed by atoms with Crippen LogP contribution in [-0.2, 0) is 12.4 Å². The number of rotatable bonds is 2. The van der Waals surface area contributed by atoms with Gasteiger partial charge in [-0.2, -0.15) is 26.3 Å². The van der Waals surface area contributed by atoms with Crippen LogP contribution >= 0.6 is 0 Å². The molecule has 9 heteroatoms. The number of benzene rings is 1. The first kappa shape index (κ1) is 14.2. The van der Waals surface area contributed by atoms with Crippen LogP contribution in [0.1, 0.15) is 11.1 Å². The van der Waals surface area contributed by atoms with Gasteiger partial charge < -0.3 is 9.15 Å². The van der Waals surface area contributed by atoms with Crippen molar-refractivity contribution in [2.24, 2.45) is 0 Å². The molecule has 0 aliphatic rings. The number of nitrogens with zero attached hydrogens (tertiary/aromatic N) is 1. The molecule has 0 fully saturated rings. The molecule has 0 radical (unpaired) electrons. The second-order valence-corrected chi connectivity index (χ2v) is 3.63. The Morgan fingerprint density at radius 2 is 1.60 bits per heavy atom. The smallest absolute Gasteiger partial charge is 0.417 e. The van der Waals surface area contributed by atoms with Crippen molar-refractivity contribution in [2.75, 3.05) is 0 Å². The molecule has 3 nitrogen and oxygen atoms in total. The molecule has 1 aromatic heterocycles. The largest absolute Gasteiger partial charge is 0.425 e. The molecule has 0 saturated heterocycles. The Morgan fingerprint density at radius 3 is 2.10 bits per heavy atom. The van der Waals surface area contributed by atoms with E-state index in [1.165, 1.54) is 0 Å². The third kappa shape index (κ3) is 3.03. The van der Waals surface area contributed by atoms with Gasteiger partial charge in [0.25, 0.3) is 0 Å². The van der Waals surface area contributed by atoms with E-state index in [0.29, 0.717) is 6.07 Å². The Balaban J connectivity index is 2.44. The first-order valence-electron chi connectivity index (χ1n) is 5.03. The highest BCUT2D eigenvalue weighted by atomic mass is 19.4. The van der Waals surface area contributed by atoms with E-state index in [1.807, 2.05) is 0 Å². The van der Waals surface area contributed by atoms with Gasteiger partial charge in [0.2, 0.25) is 0 Å². The number of alkyl halides is 6. The second-order valence-electron chi connectivity index (χ2n) is 3.63. The molecule has 0 saturated carbocycles. The van der Waals surface area contributed by atoms with Gasteiger partial charge in [0.05, 0.1) is 11.1 Å². The van der Waals surface area contributed by atoms with E-state index in [2.05, 4.69) is 9.40 Å². The molecule has 2 aromatic rings. The lowest BCUT2D eigenvalue weighted by Gasteiger charge is -2.16. The summed E-state index contributed by atoms with van der Waals surface area (Å²) in [4.78, 5) is 3.45. The van der Waals surface area contributed by atoms with Crippen LogP contribution in [0.25, 0.3) is 0 Å². The summed E-state index contributed by atoms with van der Waals surface area (Å²) in [6.45, 7) is 0. The minimum Gasteiger partial charge on any atom is -0.425 e. The van der Waals surface area contributed by atoms with Gasteiger partial charge in [-0.25, -0.2) is 4.98 Å². The Kier molecular flexibility index (Phi) is 3.36. The molecule has 0 unspecified atom stereocenters. The Bertz CT molecular complexity index is 588. The lowest BCUT2D eigenvalue weighted by Crippen LogP contribution is -2.16. The van der Waals surface area contributed by atoms with Crippen LogP contribution in [0.2, 0.25) is 0 Å². The van der Waals surface area contributed by atoms with Crippen LogP contribution in [0.5, 0.6) is 11.7 Å². The summed E-state index contributed by atoms with van der Waals surface area (Å²) in [5.41, 5.74) is -3.61. The zero-order valence-electron chi connectivity index (χ0n) is 9.42. The Labute approximate surface area is 107 Å². The molecule has 0 bridgehead atoms. The molecular weight excluding hydrogens is 292 g/mol. The van der Waals surface area contributed by atoms with Crippen LogP contribution < -0.4 is 4.74 Å². The number of hydrogen-bond acceptors (Lipinski definition) is 3. The lowest BCUT2D eigenvalue weighted by molar-refractivity contribution is -0.162. The average molecular weight is 297 g/mol. The van der Waals surface area contributed by atoms with Crippen molar-refractivity contribution in [2.45, 2.75) is 12.4 Å². The van der Waals surface area contributed by atoms with E-state index in [9.17, 15) is 26.3 Å². The van der Waals surface area contributed by atoms with Gasteiger partial charge >= 0.3 is 18.3 Å². The third-order valence-electron chi connectivity index (χ3n) is 2.23. The van der Waals surface area contributed by atoms with E-state index in [4.69, 9.17) is 4.74 Å². The molecule has 0 N–H and O–H groups in total. The van der Waals surface area contributed by atoms with Crippen molar-refractivity contribution in [1.82, 2.24) is 4.98 Å². The highest BCUT2D eigenvalue weighted by molar-refractivity contribution is 5.40. The molecule has 0 atom stereocenters. The summed E-state index contributed by atoms with van der Waals surface area (Å²) in [5.74, 6) is -0.681. The predicted molar refractivity (Wildman–Crippen MR) is 53.0 cm³/mol. The van der Waals surface area contributed by atoms with E-state index in [1.54, 1.807) is 0 Å². The summed E-state index contributed by atoms with van der Waals surface area (Å²) < 4.78 is 84.9. The zero-order valence-corrected chi connectivity index (χ0v) is 9.42. The Hall–Kier alpha value is -2.19. The van der Waals surface area contributed by atoms with Crippen LogP contribution in [0.4, 0.5) is 26.3 Å². The second kappa shape index (κ2) is 4.73. The molecule has 1 aromatic carbocycles. The fourth-order valence-corrected chi connectivity index (χ4v) is 1.44. The standard InChI is InChI=1S/C11H5F6NO2/c12-10(13,14)7-2-1-6(3-8(7)11(15,16)17)20-9-4-18-5-19-9/h1-5H. The quantitative estimate of drug-likeness (QED) is 0.765. The van der Waals surface area contributed by atoms with Crippen LogP contribution in [0.3, 0.4) is 0 Å². The predicted octanol–water partition coefficient (Wildman–Crippen LogP) is 4.50. The fourth-order valence-electron chi connectivity index (χ4n) is 1.44. The zero-order chi connectivity index (χ0) is 15.0. The van der Waals surface area contributed by atoms with Crippen molar-refractivity contribution >= 4 is 0 Å². The lowest BCUT2D eigenvalue weighted by atomic mass is 10.1. The highest BCUT2D eigenvalue weighted by Crippen LogP contribution is 2.42. The number of halogens is 6. The molecule has 2 rings (SSSR count). The van der Waals surface area contributed by atoms with E-state index in [-0.39, 0.29) is 12.0 Å². The molecule has 0 amide bonds. The van der Waals surface area contributed by atoms with Crippen molar-refractivity contribution in [3.8, 4) is 11.7 Å². The normalized spacial score (nSPS) is 12.5. The highest BCUT2D eigenvalue weighted by Gasteiger charge is 2.43. The van der Waals surface area contributed by atoms with Gasteiger partial charge in [-0.05, 0) is 18.2 Å².